The van der Waals surface area contributed by atoms with E-state index in [2.05, 4.69) is 43.2 Å². The summed E-state index contributed by atoms with van der Waals surface area (Å²) in [7, 11) is 0. The highest BCUT2D eigenvalue weighted by molar-refractivity contribution is 7.12. The molecule has 0 saturated carbocycles. The SMILES string of the molecule is Cc1cc(CNC(C)c2ccccn2)sc1C. The number of nitrogens with zero attached hydrogens (tertiary/aromatic N) is 1. The van der Waals surface area contributed by atoms with Crippen LogP contribution in [0.2, 0.25) is 0 Å². The maximum atomic E-state index is 4.35. The van der Waals surface area contributed by atoms with Crippen LogP contribution in [-0.4, -0.2) is 4.98 Å². The molecule has 0 aliphatic rings. The van der Waals surface area contributed by atoms with Crippen molar-refractivity contribution >= 4 is 11.3 Å². The number of nitrogens with one attached hydrogen (secondary N) is 1. The van der Waals surface area contributed by atoms with Gasteiger partial charge >= 0.3 is 0 Å². The molecule has 1 unspecified atom stereocenters. The number of rotatable bonds is 4. The van der Waals surface area contributed by atoms with E-state index in [1.165, 1.54) is 15.3 Å². The lowest BCUT2D eigenvalue weighted by atomic mass is 10.2. The maximum absolute atomic E-state index is 4.35. The lowest BCUT2D eigenvalue weighted by Gasteiger charge is -2.12. The molecule has 0 spiro atoms. The van der Waals surface area contributed by atoms with Gasteiger partial charge in [0.15, 0.2) is 0 Å². The van der Waals surface area contributed by atoms with Gasteiger partial charge in [0.25, 0.3) is 0 Å². The summed E-state index contributed by atoms with van der Waals surface area (Å²) < 4.78 is 0. The zero-order valence-electron chi connectivity index (χ0n) is 10.5. The first kappa shape index (κ1) is 12.3. The van der Waals surface area contributed by atoms with Gasteiger partial charge in [0.1, 0.15) is 0 Å². The highest BCUT2D eigenvalue weighted by Crippen LogP contribution is 2.21. The van der Waals surface area contributed by atoms with Gasteiger partial charge in [0.05, 0.1) is 5.69 Å². The molecule has 17 heavy (non-hydrogen) atoms. The Bertz CT molecular complexity index is 457. The highest BCUT2D eigenvalue weighted by Gasteiger charge is 2.07. The van der Waals surface area contributed by atoms with E-state index in [1.54, 1.807) is 0 Å². The molecule has 1 N–H and O–H groups in total. The first-order valence-corrected chi connectivity index (χ1v) is 6.68. The van der Waals surface area contributed by atoms with E-state index in [9.17, 15) is 0 Å². The van der Waals surface area contributed by atoms with Crippen molar-refractivity contribution in [2.75, 3.05) is 0 Å². The summed E-state index contributed by atoms with van der Waals surface area (Å²) in [6.45, 7) is 7.40. The first-order valence-electron chi connectivity index (χ1n) is 5.87. The van der Waals surface area contributed by atoms with Crippen molar-refractivity contribution in [1.29, 1.82) is 0 Å². The fourth-order valence-electron chi connectivity index (χ4n) is 1.73. The molecule has 0 amide bonds. The summed E-state index contributed by atoms with van der Waals surface area (Å²) >= 11 is 1.87. The van der Waals surface area contributed by atoms with Crippen LogP contribution >= 0.6 is 11.3 Å². The van der Waals surface area contributed by atoms with Crippen molar-refractivity contribution in [3.63, 3.8) is 0 Å². The topological polar surface area (TPSA) is 24.9 Å². The minimum absolute atomic E-state index is 0.291. The van der Waals surface area contributed by atoms with Gasteiger partial charge in [-0.3, -0.25) is 4.98 Å². The van der Waals surface area contributed by atoms with Crippen molar-refractivity contribution in [2.45, 2.75) is 33.4 Å². The van der Waals surface area contributed by atoms with Crippen LogP contribution in [0, 0.1) is 13.8 Å². The van der Waals surface area contributed by atoms with Crippen molar-refractivity contribution in [3.8, 4) is 0 Å². The summed E-state index contributed by atoms with van der Waals surface area (Å²) in [5.41, 5.74) is 2.48. The third-order valence-corrected chi connectivity index (χ3v) is 4.08. The molecule has 3 heteroatoms. The van der Waals surface area contributed by atoms with Crippen LogP contribution in [-0.2, 0) is 6.54 Å². The normalized spacial score (nSPS) is 12.6. The van der Waals surface area contributed by atoms with Crippen LogP contribution in [0.25, 0.3) is 0 Å². The second-order valence-corrected chi connectivity index (χ2v) is 5.65. The van der Waals surface area contributed by atoms with Crippen LogP contribution in [0.5, 0.6) is 0 Å². The largest absolute Gasteiger partial charge is 0.304 e. The minimum Gasteiger partial charge on any atom is -0.304 e. The van der Waals surface area contributed by atoms with E-state index < -0.39 is 0 Å². The quantitative estimate of drug-likeness (QED) is 0.891. The van der Waals surface area contributed by atoms with Crippen molar-refractivity contribution in [3.05, 3.63) is 51.5 Å². The van der Waals surface area contributed by atoms with Crippen LogP contribution in [0.4, 0.5) is 0 Å². The molecule has 0 aromatic carbocycles. The van der Waals surface area contributed by atoms with E-state index in [4.69, 9.17) is 0 Å². The number of aryl methyl sites for hydroxylation is 2. The third-order valence-electron chi connectivity index (χ3n) is 2.93. The molecule has 0 radical (unpaired) electrons. The van der Waals surface area contributed by atoms with Gasteiger partial charge < -0.3 is 5.32 Å². The molecule has 0 fully saturated rings. The van der Waals surface area contributed by atoms with Gasteiger partial charge in [0.2, 0.25) is 0 Å². The Hall–Kier alpha value is -1.19. The molecule has 2 heterocycles. The van der Waals surface area contributed by atoms with Gasteiger partial charge in [-0.05, 0) is 44.5 Å². The summed E-state index contributed by atoms with van der Waals surface area (Å²) in [6, 6.07) is 8.59. The fraction of sp³-hybridized carbons (Fsp3) is 0.357. The van der Waals surface area contributed by atoms with E-state index in [1.807, 2.05) is 29.7 Å². The minimum atomic E-state index is 0.291. The van der Waals surface area contributed by atoms with E-state index in [0.29, 0.717) is 6.04 Å². The van der Waals surface area contributed by atoms with Gasteiger partial charge in [-0.1, -0.05) is 6.07 Å². The molecular formula is C14H18N2S. The van der Waals surface area contributed by atoms with E-state index >= 15 is 0 Å². The molecule has 0 bridgehead atoms. The zero-order chi connectivity index (χ0) is 12.3. The van der Waals surface area contributed by atoms with Crippen molar-refractivity contribution in [2.24, 2.45) is 0 Å². The Morgan fingerprint density at radius 1 is 1.35 bits per heavy atom. The Labute approximate surface area is 107 Å². The molecule has 2 nitrogen and oxygen atoms in total. The standard InChI is InChI=1S/C14H18N2S/c1-10-8-13(17-12(10)3)9-16-11(2)14-6-4-5-7-15-14/h4-8,11,16H,9H2,1-3H3. The lowest BCUT2D eigenvalue weighted by Crippen LogP contribution is -2.18. The summed E-state index contributed by atoms with van der Waals surface area (Å²) in [4.78, 5) is 7.16. The van der Waals surface area contributed by atoms with Crippen molar-refractivity contribution in [1.82, 2.24) is 10.3 Å². The average Bonchev–Trinajstić information content (AvgIpc) is 2.67. The summed E-state index contributed by atoms with van der Waals surface area (Å²) in [5.74, 6) is 0. The first-order chi connectivity index (χ1) is 8.16. The van der Waals surface area contributed by atoms with Crippen LogP contribution in [0.1, 0.15) is 34.0 Å². The molecule has 90 valence electrons. The molecule has 0 aliphatic carbocycles. The summed E-state index contributed by atoms with van der Waals surface area (Å²) in [6.07, 6.45) is 1.84. The third kappa shape index (κ3) is 3.14. The molecule has 0 saturated heterocycles. The number of hydrogen-bond acceptors (Lipinski definition) is 3. The molecule has 0 aliphatic heterocycles. The average molecular weight is 246 g/mol. The molecule has 2 aromatic heterocycles. The molecule has 1 atom stereocenters. The Balaban J connectivity index is 1.94. The number of hydrogen-bond donors (Lipinski definition) is 1. The van der Waals surface area contributed by atoms with Gasteiger partial charge in [0, 0.05) is 28.5 Å². The lowest BCUT2D eigenvalue weighted by molar-refractivity contribution is 0.565. The van der Waals surface area contributed by atoms with E-state index in [-0.39, 0.29) is 0 Å². The van der Waals surface area contributed by atoms with Gasteiger partial charge in [-0.15, -0.1) is 11.3 Å². The second kappa shape index (κ2) is 5.43. The zero-order valence-corrected chi connectivity index (χ0v) is 11.3. The van der Waals surface area contributed by atoms with Crippen LogP contribution < -0.4 is 5.32 Å². The fourth-order valence-corrected chi connectivity index (χ4v) is 2.73. The van der Waals surface area contributed by atoms with Gasteiger partial charge in [-0.25, -0.2) is 0 Å². The number of aromatic nitrogens is 1. The van der Waals surface area contributed by atoms with Gasteiger partial charge in [-0.2, -0.15) is 0 Å². The molecule has 2 aromatic rings. The predicted molar refractivity (Wildman–Crippen MR) is 73.3 cm³/mol. The smallest absolute Gasteiger partial charge is 0.0570 e. The summed E-state index contributed by atoms with van der Waals surface area (Å²) in [5, 5.41) is 3.50. The Kier molecular flexibility index (Phi) is 3.92. The monoisotopic (exact) mass is 246 g/mol. The highest BCUT2D eigenvalue weighted by atomic mass is 32.1. The Morgan fingerprint density at radius 2 is 2.18 bits per heavy atom. The molecular weight excluding hydrogens is 228 g/mol. The Morgan fingerprint density at radius 3 is 2.76 bits per heavy atom. The second-order valence-electron chi connectivity index (χ2n) is 4.31. The van der Waals surface area contributed by atoms with Crippen LogP contribution in [0.15, 0.2) is 30.5 Å². The van der Waals surface area contributed by atoms with Crippen LogP contribution in [0.3, 0.4) is 0 Å². The predicted octanol–water partition coefficient (Wildman–Crippen LogP) is 3.61. The molecule has 2 rings (SSSR count). The van der Waals surface area contributed by atoms with Crippen molar-refractivity contribution < 1.29 is 0 Å². The van der Waals surface area contributed by atoms with E-state index in [0.717, 1.165) is 12.2 Å². The maximum Gasteiger partial charge on any atom is 0.0570 e. The number of thiophene rings is 1. The number of pyridine rings is 1.